The number of carbonyl (C=O) groups excluding carboxylic acids is 3. The van der Waals surface area contributed by atoms with Crippen molar-refractivity contribution in [1.29, 1.82) is 0 Å². The number of anilines is 1. The molecule has 11 nitrogen and oxygen atoms in total. The molecule has 4 heterocycles. The normalized spacial score (nSPS) is 19.7. The van der Waals surface area contributed by atoms with Crippen LogP contribution in [0.1, 0.15) is 36.7 Å². The van der Waals surface area contributed by atoms with Crippen LogP contribution in [0.3, 0.4) is 0 Å². The van der Waals surface area contributed by atoms with E-state index in [0.717, 1.165) is 30.4 Å². The zero-order valence-corrected chi connectivity index (χ0v) is 22.6. The van der Waals surface area contributed by atoms with Crippen LogP contribution in [0.15, 0.2) is 48.8 Å². The predicted molar refractivity (Wildman–Crippen MR) is 147 cm³/mol. The van der Waals surface area contributed by atoms with Gasteiger partial charge in [-0.2, -0.15) is 5.10 Å². The van der Waals surface area contributed by atoms with E-state index in [1.807, 2.05) is 18.2 Å². The lowest BCUT2D eigenvalue weighted by Crippen LogP contribution is -2.52. The third-order valence-corrected chi connectivity index (χ3v) is 7.83. The Morgan fingerprint density at radius 2 is 1.90 bits per heavy atom. The van der Waals surface area contributed by atoms with Crippen LogP contribution in [0, 0.1) is 5.92 Å². The molecule has 3 aromatic heterocycles. The van der Waals surface area contributed by atoms with Gasteiger partial charge in [-0.3, -0.25) is 19.1 Å². The Morgan fingerprint density at radius 1 is 1.10 bits per heavy atom. The van der Waals surface area contributed by atoms with E-state index >= 15 is 0 Å². The van der Waals surface area contributed by atoms with Gasteiger partial charge in [0.15, 0.2) is 5.78 Å². The molecule has 204 valence electrons. The van der Waals surface area contributed by atoms with Gasteiger partial charge in [0, 0.05) is 36.3 Å². The summed E-state index contributed by atoms with van der Waals surface area (Å²) in [6, 6.07) is 10.2. The van der Waals surface area contributed by atoms with E-state index in [4.69, 9.17) is 16.3 Å². The lowest BCUT2D eigenvalue weighted by atomic mass is 9.97. The molecule has 1 saturated carbocycles. The van der Waals surface area contributed by atoms with E-state index < -0.39 is 6.04 Å². The number of pyridine rings is 1. The van der Waals surface area contributed by atoms with Crippen LogP contribution in [0.5, 0.6) is 6.01 Å². The molecule has 40 heavy (non-hydrogen) atoms. The predicted octanol–water partition coefficient (Wildman–Crippen LogP) is 3.77. The molecule has 4 aromatic rings. The summed E-state index contributed by atoms with van der Waals surface area (Å²) in [5.74, 6) is -0.305. The summed E-state index contributed by atoms with van der Waals surface area (Å²) in [6.45, 7) is 1.35. The number of ketones is 1. The monoisotopic (exact) mass is 559 g/mol. The van der Waals surface area contributed by atoms with Gasteiger partial charge in [0.1, 0.15) is 29.3 Å². The maximum atomic E-state index is 13.7. The molecule has 0 radical (unpaired) electrons. The number of ether oxygens (including phenoxy) is 1. The molecule has 1 aromatic carbocycles. The van der Waals surface area contributed by atoms with E-state index in [-0.39, 0.29) is 53.0 Å². The Morgan fingerprint density at radius 3 is 2.62 bits per heavy atom. The first-order valence-electron chi connectivity index (χ1n) is 12.9. The van der Waals surface area contributed by atoms with Gasteiger partial charge >= 0.3 is 6.01 Å². The first kappa shape index (κ1) is 25.9. The number of amides is 2. The van der Waals surface area contributed by atoms with Gasteiger partial charge in [-0.25, -0.2) is 15.0 Å². The molecule has 0 spiro atoms. The molecule has 2 amide bonds. The Kier molecular flexibility index (Phi) is 6.67. The standard InChI is InChI=1S/C28H26ClN7O4/c1-15(37)25-20-11-16(18-12-30-28(40-2)31-13-18)7-9-21(20)35(34-25)14-24(38)36-19-8-6-17(10-19)26(36)27(39)33-23-5-3-4-22(29)32-23/h3-5,7,9,11-13,17,19,26H,6,8,10,14H2,1-2H3,(H,32,33,39). The average molecular weight is 560 g/mol. The highest BCUT2D eigenvalue weighted by Crippen LogP contribution is 2.43. The van der Waals surface area contributed by atoms with Gasteiger partial charge in [-0.1, -0.05) is 23.7 Å². The summed E-state index contributed by atoms with van der Waals surface area (Å²) < 4.78 is 6.58. The largest absolute Gasteiger partial charge is 0.467 e. The van der Waals surface area contributed by atoms with Crippen LogP contribution in [-0.2, 0) is 16.1 Å². The van der Waals surface area contributed by atoms with Crippen LogP contribution in [-0.4, -0.2) is 66.4 Å². The number of fused-ring (bicyclic) bond motifs is 3. The van der Waals surface area contributed by atoms with Crippen molar-refractivity contribution in [3.63, 3.8) is 0 Å². The van der Waals surface area contributed by atoms with Gasteiger partial charge in [0.25, 0.3) is 0 Å². The van der Waals surface area contributed by atoms with Crippen LogP contribution >= 0.6 is 11.6 Å². The summed E-state index contributed by atoms with van der Waals surface area (Å²) in [5.41, 5.74) is 2.46. The Labute approximate surface area is 234 Å². The summed E-state index contributed by atoms with van der Waals surface area (Å²) in [5, 5.41) is 8.23. The molecule has 2 fully saturated rings. The number of benzene rings is 1. The van der Waals surface area contributed by atoms with Crippen LogP contribution in [0.2, 0.25) is 5.15 Å². The molecule has 1 aliphatic heterocycles. The van der Waals surface area contributed by atoms with Crippen molar-refractivity contribution < 1.29 is 19.1 Å². The van der Waals surface area contributed by atoms with E-state index in [9.17, 15) is 14.4 Å². The molecule has 1 saturated heterocycles. The third-order valence-electron chi connectivity index (χ3n) is 7.62. The molecule has 2 aliphatic rings. The summed E-state index contributed by atoms with van der Waals surface area (Å²) >= 11 is 5.98. The first-order chi connectivity index (χ1) is 19.3. The van der Waals surface area contributed by atoms with Gasteiger partial charge in [-0.15, -0.1) is 0 Å². The maximum absolute atomic E-state index is 13.7. The van der Waals surface area contributed by atoms with Crippen LogP contribution in [0.25, 0.3) is 22.0 Å². The minimum absolute atomic E-state index is 0.0173. The number of hydrogen-bond acceptors (Lipinski definition) is 8. The molecule has 2 bridgehead atoms. The van der Waals surface area contributed by atoms with Gasteiger partial charge < -0.3 is 15.0 Å². The number of nitrogens with zero attached hydrogens (tertiary/aromatic N) is 6. The zero-order chi connectivity index (χ0) is 28.0. The molecule has 3 unspecified atom stereocenters. The SMILES string of the molecule is COc1ncc(-c2ccc3c(c2)c(C(C)=O)nn3CC(=O)N2C3CCC(C3)C2C(=O)Nc2cccc(Cl)n2)cn1. The number of aromatic nitrogens is 5. The summed E-state index contributed by atoms with van der Waals surface area (Å²) in [4.78, 5) is 53.7. The fourth-order valence-electron chi connectivity index (χ4n) is 5.88. The lowest BCUT2D eigenvalue weighted by molar-refractivity contribution is -0.141. The number of halogens is 1. The van der Waals surface area contributed by atoms with E-state index in [1.165, 1.54) is 14.0 Å². The maximum Gasteiger partial charge on any atom is 0.316 e. The Bertz CT molecular complexity index is 1640. The number of carbonyl (C=O) groups is 3. The highest BCUT2D eigenvalue weighted by molar-refractivity contribution is 6.29. The highest BCUT2D eigenvalue weighted by Gasteiger charge is 2.51. The second-order valence-electron chi connectivity index (χ2n) is 10.1. The third kappa shape index (κ3) is 4.66. The number of hydrogen-bond donors (Lipinski definition) is 1. The van der Waals surface area contributed by atoms with E-state index in [0.29, 0.717) is 16.7 Å². The second kappa shape index (κ2) is 10.3. The first-order valence-corrected chi connectivity index (χ1v) is 13.3. The summed E-state index contributed by atoms with van der Waals surface area (Å²) in [6.07, 6.45) is 5.79. The molecular formula is C28H26ClN7O4. The minimum Gasteiger partial charge on any atom is -0.467 e. The lowest BCUT2D eigenvalue weighted by Gasteiger charge is -2.34. The fraction of sp³-hybridized carbons (Fsp3) is 0.321. The van der Waals surface area contributed by atoms with Crippen molar-refractivity contribution in [2.75, 3.05) is 12.4 Å². The molecule has 6 rings (SSSR count). The van der Waals surface area contributed by atoms with Crippen molar-refractivity contribution in [1.82, 2.24) is 29.6 Å². The molecular weight excluding hydrogens is 534 g/mol. The number of methoxy groups -OCH3 is 1. The van der Waals surface area contributed by atoms with Crippen molar-refractivity contribution >= 4 is 45.9 Å². The summed E-state index contributed by atoms with van der Waals surface area (Å²) in [7, 11) is 1.49. The number of piperidine rings is 1. The highest BCUT2D eigenvalue weighted by atomic mass is 35.5. The van der Waals surface area contributed by atoms with Crippen molar-refractivity contribution in [3.05, 3.63) is 59.6 Å². The smallest absolute Gasteiger partial charge is 0.316 e. The molecule has 12 heteroatoms. The van der Waals surface area contributed by atoms with Gasteiger partial charge in [-0.05, 0) is 55.0 Å². The minimum atomic E-state index is -0.609. The average Bonchev–Trinajstić information content (AvgIpc) is 3.66. The van der Waals surface area contributed by atoms with Crippen LogP contribution in [0.4, 0.5) is 5.82 Å². The number of rotatable bonds is 7. The van der Waals surface area contributed by atoms with Crippen molar-refractivity contribution in [3.8, 4) is 17.1 Å². The van der Waals surface area contributed by atoms with Crippen molar-refractivity contribution in [2.45, 2.75) is 44.8 Å². The number of likely N-dealkylation sites (tertiary alicyclic amines) is 1. The molecule has 1 aliphatic carbocycles. The van der Waals surface area contributed by atoms with Crippen molar-refractivity contribution in [2.24, 2.45) is 5.92 Å². The quantitative estimate of drug-likeness (QED) is 0.267. The van der Waals surface area contributed by atoms with Gasteiger partial charge in [0.05, 0.1) is 12.6 Å². The number of nitrogens with one attached hydrogen (secondary N) is 1. The molecule has 1 N–H and O–H groups in total. The van der Waals surface area contributed by atoms with E-state index in [1.54, 1.807) is 40.2 Å². The fourth-order valence-corrected chi connectivity index (χ4v) is 6.05. The number of Topliss-reactive ketones (excluding diaryl/α,β-unsaturated/α-hetero) is 1. The van der Waals surface area contributed by atoms with E-state index in [2.05, 4.69) is 25.4 Å². The zero-order valence-electron chi connectivity index (χ0n) is 21.9. The Hall–Kier alpha value is -4.38. The van der Waals surface area contributed by atoms with Gasteiger partial charge in [0.2, 0.25) is 11.8 Å². The van der Waals surface area contributed by atoms with Crippen LogP contribution < -0.4 is 10.1 Å². The molecule has 3 atom stereocenters. The topological polar surface area (TPSA) is 132 Å². The second-order valence-corrected chi connectivity index (χ2v) is 10.4. The Balaban J connectivity index is 1.28.